The van der Waals surface area contributed by atoms with E-state index in [4.69, 9.17) is 11.6 Å². The van der Waals surface area contributed by atoms with Crippen LogP contribution in [0.4, 0.5) is 11.4 Å². The number of rotatable bonds is 4. The quantitative estimate of drug-likeness (QED) is 0.589. The number of phenolic OH excluding ortho intramolecular Hbond substituents is 2. The number of nitrogens with zero attached hydrogens (tertiary/aromatic N) is 1. The predicted molar refractivity (Wildman–Crippen MR) is 79.9 cm³/mol. The van der Waals surface area contributed by atoms with E-state index >= 15 is 0 Å². The van der Waals surface area contributed by atoms with Crippen LogP contribution in [0.15, 0.2) is 36.4 Å². The smallest absolute Gasteiger partial charge is 0.292 e. The lowest BCUT2D eigenvalue weighted by Gasteiger charge is -2.17. The predicted octanol–water partition coefficient (Wildman–Crippen LogP) is 3.83. The second-order valence-corrected chi connectivity index (χ2v) is 4.96. The summed E-state index contributed by atoms with van der Waals surface area (Å²) in [6, 6.07) is 7.97. The summed E-state index contributed by atoms with van der Waals surface area (Å²) in [6.07, 6.45) is 0. The maximum atomic E-state index is 11.0. The molecule has 0 saturated carbocycles. The number of aromatic hydroxyl groups is 2. The van der Waals surface area contributed by atoms with Gasteiger partial charge >= 0.3 is 0 Å². The second-order valence-electron chi connectivity index (χ2n) is 4.53. The van der Waals surface area contributed by atoms with Crippen LogP contribution in [0.1, 0.15) is 18.5 Å². The van der Waals surface area contributed by atoms with E-state index in [0.717, 1.165) is 0 Å². The van der Waals surface area contributed by atoms with Crippen LogP contribution >= 0.6 is 11.6 Å². The second kappa shape index (κ2) is 5.88. The van der Waals surface area contributed by atoms with Crippen LogP contribution in [-0.4, -0.2) is 15.1 Å². The van der Waals surface area contributed by atoms with E-state index in [1.54, 1.807) is 13.0 Å². The van der Waals surface area contributed by atoms with Crippen molar-refractivity contribution in [2.75, 3.05) is 5.32 Å². The van der Waals surface area contributed by atoms with E-state index in [1.165, 1.54) is 30.3 Å². The number of hydrogen-bond acceptors (Lipinski definition) is 5. The summed E-state index contributed by atoms with van der Waals surface area (Å²) in [5.74, 6) is -0.156. The molecule has 0 amide bonds. The standard InChI is InChI=1S/C14H13ClN2O4/c1-8(11-4-3-10(18)7-14(11)19)16-12-6-9(15)2-5-13(12)17(20)21/h2-8,16,18-19H,1H3. The zero-order valence-corrected chi connectivity index (χ0v) is 11.8. The van der Waals surface area contributed by atoms with Gasteiger partial charge in [-0.3, -0.25) is 10.1 Å². The fourth-order valence-corrected chi connectivity index (χ4v) is 2.16. The highest BCUT2D eigenvalue weighted by Crippen LogP contribution is 2.34. The van der Waals surface area contributed by atoms with Crippen molar-refractivity contribution >= 4 is 23.0 Å². The average molecular weight is 309 g/mol. The number of nitro groups is 1. The number of halogens is 1. The lowest BCUT2D eigenvalue weighted by atomic mass is 10.1. The zero-order chi connectivity index (χ0) is 15.6. The van der Waals surface area contributed by atoms with Gasteiger partial charge in [0.1, 0.15) is 17.2 Å². The largest absolute Gasteiger partial charge is 0.508 e. The van der Waals surface area contributed by atoms with Gasteiger partial charge < -0.3 is 15.5 Å². The molecule has 3 N–H and O–H groups in total. The van der Waals surface area contributed by atoms with Gasteiger partial charge in [0.15, 0.2) is 0 Å². The molecule has 110 valence electrons. The third-order valence-corrected chi connectivity index (χ3v) is 3.24. The molecule has 0 aliphatic carbocycles. The molecule has 0 heterocycles. The Kier molecular flexibility index (Phi) is 4.18. The molecule has 0 fully saturated rings. The lowest BCUT2D eigenvalue weighted by Crippen LogP contribution is -2.08. The van der Waals surface area contributed by atoms with Crippen LogP contribution < -0.4 is 5.32 Å². The van der Waals surface area contributed by atoms with Crippen molar-refractivity contribution in [1.29, 1.82) is 0 Å². The topological polar surface area (TPSA) is 95.6 Å². The van der Waals surface area contributed by atoms with Gasteiger partial charge in [-0.25, -0.2) is 0 Å². The molecule has 2 rings (SSSR count). The van der Waals surface area contributed by atoms with Crippen molar-refractivity contribution in [3.63, 3.8) is 0 Å². The Hall–Kier alpha value is -2.47. The van der Waals surface area contributed by atoms with Gasteiger partial charge in [0.2, 0.25) is 0 Å². The van der Waals surface area contributed by atoms with E-state index in [2.05, 4.69) is 5.32 Å². The molecule has 0 saturated heterocycles. The van der Waals surface area contributed by atoms with Crippen LogP contribution in [0.25, 0.3) is 0 Å². The zero-order valence-electron chi connectivity index (χ0n) is 11.1. The number of benzene rings is 2. The van der Waals surface area contributed by atoms with Crippen molar-refractivity contribution in [2.45, 2.75) is 13.0 Å². The summed E-state index contributed by atoms with van der Waals surface area (Å²) in [4.78, 5) is 10.5. The van der Waals surface area contributed by atoms with Crippen LogP contribution in [0.5, 0.6) is 11.5 Å². The first kappa shape index (κ1) is 14.9. The maximum absolute atomic E-state index is 11.0. The first-order chi connectivity index (χ1) is 9.88. The van der Waals surface area contributed by atoms with Crippen molar-refractivity contribution < 1.29 is 15.1 Å². The molecule has 0 aromatic heterocycles. The van der Waals surface area contributed by atoms with E-state index in [9.17, 15) is 20.3 Å². The molecule has 6 nitrogen and oxygen atoms in total. The van der Waals surface area contributed by atoms with Gasteiger partial charge in [-0.2, -0.15) is 0 Å². The molecule has 0 aliphatic heterocycles. The highest BCUT2D eigenvalue weighted by Gasteiger charge is 2.18. The third kappa shape index (κ3) is 3.35. The van der Waals surface area contributed by atoms with Gasteiger partial charge in [-0.15, -0.1) is 0 Å². The minimum absolute atomic E-state index is 0.0582. The Balaban J connectivity index is 2.33. The molecule has 1 unspecified atom stereocenters. The molecule has 1 atom stereocenters. The summed E-state index contributed by atoms with van der Waals surface area (Å²) in [5, 5.41) is 33.4. The first-order valence-corrected chi connectivity index (χ1v) is 6.48. The molecule has 0 bridgehead atoms. The highest BCUT2D eigenvalue weighted by molar-refractivity contribution is 6.31. The fourth-order valence-electron chi connectivity index (χ4n) is 1.99. The summed E-state index contributed by atoms with van der Waals surface area (Å²) in [5.41, 5.74) is 0.652. The number of nitrogens with one attached hydrogen (secondary N) is 1. The van der Waals surface area contributed by atoms with Crippen LogP contribution in [-0.2, 0) is 0 Å². The van der Waals surface area contributed by atoms with Gasteiger partial charge in [0.25, 0.3) is 5.69 Å². The minimum Gasteiger partial charge on any atom is -0.508 e. The fraction of sp³-hybridized carbons (Fsp3) is 0.143. The minimum atomic E-state index is -0.512. The highest BCUT2D eigenvalue weighted by atomic mass is 35.5. The molecule has 2 aromatic rings. The molecular weight excluding hydrogens is 296 g/mol. The van der Waals surface area contributed by atoms with E-state index in [0.29, 0.717) is 10.6 Å². The monoisotopic (exact) mass is 308 g/mol. The molecular formula is C14H13ClN2O4. The van der Waals surface area contributed by atoms with Crippen molar-refractivity contribution in [1.82, 2.24) is 0 Å². The SMILES string of the molecule is CC(Nc1cc(Cl)ccc1[N+](=O)[O-])c1ccc(O)cc1O. The average Bonchev–Trinajstić information content (AvgIpc) is 2.37. The molecule has 0 aliphatic rings. The first-order valence-electron chi connectivity index (χ1n) is 6.11. The maximum Gasteiger partial charge on any atom is 0.292 e. The Morgan fingerprint density at radius 2 is 1.95 bits per heavy atom. The molecule has 2 aromatic carbocycles. The normalized spacial score (nSPS) is 11.9. The summed E-state index contributed by atoms with van der Waals surface area (Å²) < 4.78 is 0. The van der Waals surface area contributed by atoms with Gasteiger partial charge in [-0.05, 0) is 31.2 Å². The summed E-state index contributed by atoms with van der Waals surface area (Å²) in [6.45, 7) is 1.73. The Morgan fingerprint density at radius 1 is 1.24 bits per heavy atom. The molecule has 21 heavy (non-hydrogen) atoms. The number of anilines is 1. The van der Waals surface area contributed by atoms with Crippen LogP contribution in [0.2, 0.25) is 5.02 Å². The molecule has 0 radical (unpaired) electrons. The number of nitro benzene ring substituents is 1. The Morgan fingerprint density at radius 3 is 2.57 bits per heavy atom. The van der Waals surface area contributed by atoms with Crippen molar-refractivity contribution in [3.8, 4) is 11.5 Å². The lowest BCUT2D eigenvalue weighted by molar-refractivity contribution is -0.384. The van der Waals surface area contributed by atoms with Crippen LogP contribution in [0.3, 0.4) is 0 Å². The van der Waals surface area contributed by atoms with Gasteiger partial charge in [-0.1, -0.05) is 11.6 Å². The van der Waals surface area contributed by atoms with Crippen molar-refractivity contribution in [2.24, 2.45) is 0 Å². The molecule has 0 spiro atoms. The van der Waals surface area contributed by atoms with Gasteiger partial charge in [0.05, 0.1) is 11.0 Å². The van der Waals surface area contributed by atoms with Crippen molar-refractivity contribution in [3.05, 3.63) is 57.1 Å². The van der Waals surface area contributed by atoms with E-state index in [1.807, 2.05) is 0 Å². The Labute approximate surface area is 125 Å². The third-order valence-electron chi connectivity index (χ3n) is 3.01. The molecule has 7 heteroatoms. The Bertz CT molecular complexity index is 691. The van der Waals surface area contributed by atoms with E-state index in [-0.39, 0.29) is 22.9 Å². The summed E-state index contributed by atoms with van der Waals surface area (Å²) >= 11 is 5.86. The number of phenols is 2. The number of hydrogen-bond donors (Lipinski definition) is 3. The van der Waals surface area contributed by atoms with Crippen LogP contribution in [0, 0.1) is 10.1 Å². The summed E-state index contributed by atoms with van der Waals surface area (Å²) in [7, 11) is 0. The van der Waals surface area contributed by atoms with E-state index < -0.39 is 11.0 Å². The van der Waals surface area contributed by atoms with Gasteiger partial charge in [0, 0.05) is 22.7 Å².